The molecule has 11 heavy (non-hydrogen) atoms. The van der Waals surface area contributed by atoms with Gasteiger partial charge in [-0.05, 0) is 12.1 Å². The number of isocyanates is 1. The Kier molecular flexibility index (Phi) is 4.70. The summed E-state index contributed by atoms with van der Waals surface area (Å²) in [6.07, 6.45) is 1.40. The van der Waals surface area contributed by atoms with Crippen molar-refractivity contribution < 1.29 is 6.17 Å². The van der Waals surface area contributed by atoms with E-state index in [-0.39, 0.29) is 0 Å². The highest BCUT2D eigenvalue weighted by molar-refractivity contribution is 5.47. The summed E-state index contributed by atoms with van der Waals surface area (Å²) in [4.78, 5) is 13.1. The number of nitrogens with zero attached hydrogens (tertiary/aromatic N) is 1. The van der Waals surface area contributed by atoms with Crippen LogP contribution in [0.2, 0.25) is 0 Å². The van der Waals surface area contributed by atoms with Gasteiger partial charge in [-0.2, -0.15) is 4.99 Å². The van der Waals surface area contributed by atoms with Crippen LogP contribution in [0.1, 0.15) is 15.2 Å². The van der Waals surface area contributed by atoms with Crippen LogP contribution < -0.4 is 0 Å². The molecular weight excluding hydrogens is 138 g/mol. The molecule has 0 atom stereocenters. The minimum atomic E-state index is 0.344. The zero-order valence-corrected chi connectivity index (χ0v) is 6.66. The minimum Gasteiger partial charge on any atom is -0.211 e. The predicted molar refractivity (Wildman–Crippen MR) is 45.6 cm³/mol. The van der Waals surface area contributed by atoms with Gasteiger partial charge >= 0.3 is 0 Å². The van der Waals surface area contributed by atoms with Crippen molar-refractivity contribution in [1.82, 2.24) is 0 Å². The molecule has 2 nitrogen and oxygen atoms in total. The lowest BCUT2D eigenvalue weighted by Gasteiger charge is -1.83. The van der Waals surface area contributed by atoms with E-state index in [9.17, 15) is 4.79 Å². The summed E-state index contributed by atoms with van der Waals surface area (Å²) in [5, 5.41) is 0. The third kappa shape index (κ3) is 4.06. The van der Waals surface area contributed by atoms with Crippen LogP contribution in [0.25, 0.3) is 0 Å². The molecule has 0 spiro atoms. The van der Waals surface area contributed by atoms with Crippen molar-refractivity contribution in [3.8, 4) is 0 Å². The molecule has 0 heterocycles. The molecule has 2 heteroatoms. The highest BCUT2D eigenvalue weighted by Crippen LogP contribution is 2.06. The van der Waals surface area contributed by atoms with Crippen molar-refractivity contribution in [2.45, 2.75) is 13.8 Å². The average Bonchev–Trinajstić information content (AvgIpc) is 2.09. The highest BCUT2D eigenvalue weighted by Gasteiger charge is 1.79. The monoisotopic (exact) mass is 150 g/mol. The standard InChI is InChI=1S/C7H5NO.C2H6/c9-6-8-7-4-2-1-3-5-7;1-2/h1-5H;1-2H3/i2D;. The normalized spacial score (nSPS) is 8.36. The quantitative estimate of drug-likeness (QED) is 0.447. The molecule has 0 fully saturated rings. The Labute approximate surface area is 68.0 Å². The van der Waals surface area contributed by atoms with E-state index in [0.29, 0.717) is 11.7 Å². The summed E-state index contributed by atoms with van der Waals surface area (Å²) in [6.45, 7) is 4.00. The lowest BCUT2D eigenvalue weighted by molar-refractivity contribution is 0.565. The maximum absolute atomic E-state index is 9.73. The molecule has 0 aromatic heterocycles. The van der Waals surface area contributed by atoms with Gasteiger partial charge < -0.3 is 0 Å². The van der Waals surface area contributed by atoms with Gasteiger partial charge in [0.25, 0.3) is 0 Å². The molecule has 0 bridgehead atoms. The smallest absolute Gasteiger partial charge is 0.211 e. The van der Waals surface area contributed by atoms with Crippen LogP contribution in [-0.2, 0) is 4.79 Å². The third-order valence-corrected chi connectivity index (χ3v) is 0.865. The molecule has 1 rings (SSSR count). The molecule has 1 aromatic rings. The topological polar surface area (TPSA) is 29.4 Å². The molecule has 0 aliphatic carbocycles. The molecule has 0 amide bonds. The van der Waals surface area contributed by atoms with E-state index in [1.54, 1.807) is 18.2 Å². The van der Waals surface area contributed by atoms with Gasteiger partial charge in [0.2, 0.25) is 6.08 Å². The van der Waals surface area contributed by atoms with Crippen molar-refractivity contribution in [3.63, 3.8) is 0 Å². The van der Waals surface area contributed by atoms with Crippen molar-refractivity contribution in [3.05, 3.63) is 30.3 Å². The number of aliphatic imine (C=N–C) groups is 1. The van der Waals surface area contributed by atoms with Crippen LogP contribution >= 0.6 is 0 Å². The van der Waals surface area contributed by atoms with Crippen LogP contribution in [0.4, 0.5) is 5.69 Å². The van der Waals surface area contributed by atoms with Crippen molar-refractivity contribution in [2.75, 3.05) is 0 Å². The molecule has 0 saturated heterocycles. The fraction of sp³-hybridized carbons (Fsp3) is 0.222. The van der Waals surface area contributed by atoms with Crippen molar-refractivity contribution in [2.24, 2.45) is 4.99 Å². The number of para-hydroxylation sites is 1. The fourth-order valence-electron chi connectivity index (χ4n) is 0.506. The second-order valence-electron chi connectivity index (χ2n) is 1.46. The van der Waals surface area contributed by atoms with Gasteiger partial charge in [0.15, 0.2) is 0 Å². The first-order valence-electron chi connectivity index (χ1n) is 3.97. The molecule has 0 radical (unpaired) electrons. The highest BCUT2D eigenvalue weighted by atomic mass is 16.1. The molecule has 0 saturated carbocycles. The van der Waals surface area contributed by atoms with Crippen LogP contribution in [0, 0.1) is 0 Å². The molecule has 0 unspecified atom stereocenters. The fourth-order valence-corrected chi connectivity index (χ4v) is 0.506. The Morgan fingerprint density at radius 2 is 2.18 bits per heavy atom. The number of hydrogen-bond donors (Lipinski definition) is 0. The zero-order valence-electron chi connectivity index (χ0n) is 7.66. The molecule has 58 valence electrons. The maximum atomic E-state index is 9.73. The van der Waals surface area contributed by atoms with Crippen LogP contribution in [0.15, 0.2) is 35.3 Å². The summed E-state index contributed by atoms with van der Waals surface area (Å²) in [5.74, 6) is 0. The van der Waals surface area contributed by atoms with E-state index in [0.717, 1.165) is 0 Å². The van der Waals surface area contributed by atoms with Crippen molar-refractivity contribution >= 4 is 11.8 Å². The Hall–Kier alpha value is -1.40. The third-order valence-electron chi connectivity index (χ3n) is 0.865. The molecular formula is C9H11NO. The molecule has 0 aliphatic rings. The predicted octanol–water partition coefficient (Wildman–Crippen LogP) is 2.68. The van der Waals surface area contributed by atoms with Gasteiger partial charge in [0, 0.05) is 0 Å². The Bertz CT molecular complexity index is 280. The molecule has 1 aromatic carbocycles. The van der Waals surface area contributed by atoms with E-state index in [1.807, 2.05) is 13.8 Å². The van der Waals surface area contributed by atoms with Gasteiger partial charge in [0.1, 0.15) is 0 Å². The van der Waals surface area contributed by atoms with Gasteiger partial charge in [-0.1, -0.05) is 32.0 Å². The summed E-state index contributed by atoms with van der Waals surface area (Å²) in [7, 11) is 0. The lowest BCUT2D eigenvalue weighted by atomic mass is 10.3. The first-order chi connectivity index (χ1) is 5.83. The van der Waals surface area contributed by atoms with E-state index in [2.05, 4.69) is 4.99 Å². The van der Waals surface area contributed by atoms with Gasteiger partial charge in [0.05, 0.1) is 7.06 Å². The summed E-state index contributed by atoms with van der Waals surface area (Å²) >= 11 is 0. The van der Waals surface area contributed by atoms with Crippen molar-refractivity contribution in [1.29, 1.82) is 0 Å². The van der Waals surface area contributed by atoms with E-state index >= 15 is 0 Å². The SMILES string of the molecule is CC.[2H]c1cccc(N=C=O)c1. The lowest BCUT2D eigenvalue weighted by Crippen LogP contribution is -1.59. The molecule has 0 aliphatic heterocycles. The van der Waals surface area contributed by atoms with Gasteiger partial charge in [-0.3, -0.25) is 0 Å². The summed E-state index contributed by atoms with van der Waals surface area (Å²) in [6, 6.07) is 6.76. The second kappa shape index (κ2) is 6.72. The first kappa shape index (κ1) is 7.70. The minimum absolute atomic E-state index is 0.344. The number of hydrogen-bond acceptors (Lipinski definition) is 2. The van der Waals surface area contributed by atoms with E-state index in [1.165, 1.54) is 12.1 Å². The average molecular weight is 150 g/mol. The maximum Gasteiger partial charge on any atom is 0.240 e. The summed E-state index contributed by atoms with van der Waals surface area (Å²) in [5.41, 5.74) is 0.475. The Morgan fingerprint density at radius 3 is 2.73 bits per heavy atom. The number of benzene rings is 1. The first-order valence-corrected chi connectivity index (χ1v) is 3.47. The van der Waals surface area contributed by atoms with Crippen LogP contribution in [0.3, 0.4) is 0 Å². The van der Waals surface area contributed by atoms with Gasteiger partial charge in [-0.15, -0.1) is 0 Å². The van der Waals surface area contributed by atoms with E-state index < -0.39 is 0 Å². The molecule has 0 N–H and O–H groups in total. The number of rotatable bonds is 1. The Morgan fingerprint density at radius 1 is 1.45 bits per heavy atom. The largest absolute Gasteiger partial charge is 0.240 e. The Balaban J connectivity index is 0.000000561. The summed E-state index contributed by atoms with van der Waals surface area (Å²) < 4.78 is 7.12. The van der Waals surface area contributed by atoms with Crippen LogP contribution in [-0.4, -0.2) is 6.08 Å². The van der Waals surface area contributed by atoms with E-state index in [4.69, 9.17) is 1.37 Å². The zero-order chi connectivity index (χ0) is 9.40. The van der Waals surface area contributed by atoms with Crippen LogP contribution in [0.5, 0.6) is 0 Å². The second-order valence-corrected chi connectivity index (χ2v) is 1.46. The number of carbonyl (C=O) groups excluding carboxylic acids is 1. The van der Waals surface area contributed by atoms with Gasteiger partial charge in [-0.25, -0.2) is 4.79 Å².